The number of carboxylic acid groups (broad SMARTS) is 1. The lowest BCUT2D eigenvalue weighted by Crippen LogP contribution is -2.40. The van der Waals surface area contributed by atoms with Crippen LogP contribution in [0.1, 0.15) is 100 Å². The number of carbonyl (C=O) groups is 2. The Labute approximate surface area is 377 Å². The molecule has 0 aliphatic heterocycles. The molecule has 0 spiro atoms. The van der Waals surface area contributed by atoms with Crippen LogP contribution >= 0.6 is 0 Å². The summed E-state index contributed by atoms with van der Waals surface area (Å²) >= 11 is 0. The van der Waals surface area contributed by atoms with Crippen molar-refractivity contribution in [3.63, 3.8) is 0 Å². The van der Waals surface area contributed by atoms with Crippen molar-refractivity contribution < 1.29 is 29.0 Å². The first-order valence-electron chi connectivity index (χ1n) is 22.8. The fourth-order valence-electron chi connectivity index (χ4n) is 9.05. The van der Waals surface area contributed by atoms with Crippen molar-refractivity contribution in [3.05, 3.63) is 91.3 Å². The molecule has 0 saturated heterocycles. The number of amides is 1. The molecule has 1 amide bonds. The molecular formula is C48H61N9O8. The van der Waals surface area contributed by atoms with Crippen LogP contribution in [0.2, 0.25) is 0 Å². The van der Waals surface area contributed by atoms with Crippen molar-refractivity contribution in [1.82, 2.24) is 44.2 Å². The summed E-state index contributed by atoms with van der Waals surface area (Å²) in [6, 6.07) is 11.9. The third-order valence-corrected chi connectivity index (χ3v) is 12.4. The molecule has 0 bridgehead atoms. The Morgan fingerprint density at radius 2 is 1.15 bits per heavy atom. The van der Waals surface area contributed by atoms with Crippen molar-refractivity contribution in [2.24, 2.45) is 23.7 Å². The Kier molecular flexibility index (Phi) is 14.5. The van der Waals surface area contributed by atoms with E-state index in [-0.39, 0.29) is 28.9 Å². The van der Waals surface area contributed by atoms with Gasteiger partial charge in [0, 0.05) is 25.8 Å². The number of H-pyrrole nitrogens is 2. The zero-order valence-corrected chi connectivity index (χ0v) is 38.7. The third-order valence-electron chi connectivity index (χ3n) is 12.4. The highest BCUT2D eigenvalue weighted by molar-refractivity contribution is 5.78. The smallest absolute Gasteiger partial charge is 0.306 e. The fraction of sp³-hybridized carbons (Fsp3) is 0.500. The van der Waals surface area contributed by atoms with Gasteiger partial charge in [-0.2, -0.15) is 0 Å². The zero-order valence-electron chi connectivity index (χ0n) is 38.7. The van der Waals surface area contributed by atoms with Crippen LogP contribution in [0, 0.1) is 37.5 Å². The van der Waals surface area contributed by atoms with E-state index in [9.17, 15) is 19.2 Å². The number of benzene rings is 2. The number of aliphatic carboxylic acids is 1. The molecule has 8 rings (SSSR count). The van der Waals surface area contributed by atoms with E-state index in [1.807, 2.05) is 64.1 Å². The molecule has 0 radical (unpaired) electrons. The lowest BCUT2D eigenvalue weighted by molar-refractivity contribution is -0.177. The first kappa shape index (κ1) is 46.6. The molecule has 2 saturated carbocycles. The van der Waals surface area contributed by atoms with E-state index in [2.05, 4.69) is 33.8 Å². The molecule has 17 heteroatoms. The van der Waals surface area contributed by atoms with Crippen molar-refractivity contribution in [1.29, 1.82) is 0 Å². The third kappa shape index (κ3) is 9.99. The van der Waals surface area contributed by atoms with E-state index in [1.165, 1.54) is 12.2 Å². The Hall–Kier alpha value is -6.36. The predicted octanol–water partition coefficient (Wildman–Crippen LogP) is 6.73. The number of hydroxylamine groups is 2. The highest BCUT2D eigenvalue weighted by atomic mass is 16.7. The van der Waals surface area contributed by atoms with E-state index in [0.29, 0.717) is 83.5 Å². The molecule has 65 heavy (non-hydrogen) atoms. The molecule has 3 N–H and O–H groups in total. The van der Waals surface area contributed by atoms with Gasteiger partial charge in [0.25, 0.3) is 11.1 Å². The van der Waals surface area contributed by atoms with Gasteiger partial charge in [0.05, 0.1) is 48.8 Å². The van der Waals surface area contributed by atoms with Gasteiger partial charge in [-0.25, -0.2) is 24.1 Å². The molecule has 346 valence electrons. The minimum absolute atomic E-state index is 0.0130. The van der Waals surface area contributed by atoms with Gasteiger partial charge in [-0.05, 0) is 126 Å². The van der Waals surface area contributed by atoms with Crippen LogP contribution in [0.5, 0.6) is 11.5 Å². The standard InChI is InChI=1S/C25H33N5O4.C23H28N4O4/c1-6-8-21-26-15(3)22-24(31)27-23(28-30(21)22)19-14-16(9-10-20(19)34-7-2)11-17-12-18(13-17)25(32)29(4)33-5;1-4-6-19-24-13(3)20-22(28)25-21(26-27(19)20)17-12-14(7-8-18(17)31-5-2)9-15-10-16(11-15)23(29)30/h9-10,14,17-18H,6-8,11-13H2,1-5H3,(H,27,28,31);7-8,12,15-16H,4-6,9-11H2,1-3H3,(H,29,30)(H,25,26,28). The van der Waals surface area contributed by atoms with Gasteiger partial charge in [-0.15, -0.1) is 10.2 Å². The van der Waals surface area contributed by atoms with Crippen LogP contribution in [0.3, 0.4) is 0 Å². The molecular weight excluding hydrogens is 831 g/mol. The van der Waals surface area contributed by atoms with Gasteiger partial charge in [0.2, 0.25) is 5.91 Å². The molecule has 6 aromatic rings. The van der Waals surface area contributed by atoms with Crippen molar-refractivity contribution in [2.75, 3.05) is 27.4 Å². The molecule has 0 atom stereocenters. The van der Waals surface area contributed by atoms with Gasteiger partial charge in [0.15, 0.2) is 22.7 Å². The molecule has 2 aromatic carbocycles. The molecule has 2 aliphatic rings. The summed E-state index contributed by atoms with van der Waals surface area (Å²) in [5, 5.41) is 19.9. The van der Waals surface area contributed by atoms with E-state index < -0.39 is 5.97 Å². The summed E-state index contributed by atoms with van der Waals surface area (Å²) in [5.41, 5.74) is 5.51. The van der Waals surface area contributed by atoms with Gasteiger partial charge >= 0.3 is 5.97 Å². The number of aryl methyl sites for hydroxylation is 4. The second kappa shape index (κ2) is 20.2. The summed E-state index contributed by atoms with van der Waals surface area (Å²) in [7, 11) is 3.15. The van der Waals surface area contributed by atoms with E-state index in [1.54, 1.807) is 16.1 Å². The number of imidazole rings is 2. The van der Waals surface area contributed by atoms with Crippen LogP contribution in [-0.4, -0.2) is 88.6 Å². The van der Waals surface area contributed by atoms with E-state index >= 15 is 0 Å². The maximum atomic E-state index is 12.9. The molecule has 0 unspecified atom stereocenters. The van der Waals surface area contributed by atoms with Crippen molar-refractivity contribution in [2.45, 2.75) is 106 Å². The van der Waals surface area contributed by atoms with E-state index in [4.69, 9.17) is 29.6 Å². The summed E-state index contributed by atoms with van der Waals surface area (Å²) in [5.74, 6) is 3.65. The number of hydrogen-bond acceptors (Lipinski definition) is 11. The number of carboxylic acids is 1. The van der Waals surface area contributed by atoms with Crippen molar-refractivity contribution >= 4 is 22.9 Å². The number of hydrogen-bond donors (Lipinski definition) is 3. The van der Waals surface area contributed by atoms with Gasteiger partial charge in [-0.1, -0.05) is 26.0 Å². The lowest BCUT2D eigenvalue weighted by Gasteiger charge is -2.36. The molecule has 2 fully saturated rings. The van der Waals surface area contributed by atoms with Gasteiger partial charge in [0.1, 0.15) is 23.1 Å². The summed E-state index contributed by atoms with van der Waals surface area (Å²) in [6.45, 7) is 12.6. The van der Waals surface area contributed by atoms with E-state index in [0.717, 1.165) is 85.3 Å². The monoisotopic (exact) mass is 891 g/mol. The quantitative estimate of drug-likeness (QED) is 0.0814. The maximum Gasteiger partial charge on any atom is 0.306 e. The van der Waals surface area contributed by atoms with Gasteiger partial charge in [-0.3, -0.25) is 24.0 Å². The number of ether oxygens (including phenoxy) is 2. The second-order valence-corrected chi connectivity index (χ2v) is 17.2. The Bertz CT molecular complexity index is 2800. The fourth-order valence-corrected chi connectivity index (χ4v) is 9.05. The maximum absolute atomic E-state index is 12.9. The number of aromatic nitrogens is 8. The average molecular weight is 892 g/mol. The SMILES string of the molecule is CCCc1nc(C)c2c(=O)[nH]c(-c3cc(CC4CC(C(=O)N(C)OC)C4)ccc3OCC)nn12.CCCc1nc(C)c2c(=O)[nH]c(-c3cc(CC4CC(C(=O)O)C4)ccc3OCC)nn12. The molecule has 4 aromatic heterocycles. The first-order chi connectivity index (χ1) is 31.3. The lowest BCUT2D eigenvalue weighted by atomic mass is 9.71. The Morgan fingerprint density at radius 1 is 0.723 bits per heavy atom. The van der Waals surface area contributed by atoms with Crippen LogP contribution in [0.15, 0.2) is 46.0 Å². The van der Waals surface area contributed by atoms with Crippen LogP contribution < -0.4 is 20.6 Å². The minimum atomic E-state index is -0.711. The van der Waals surface area contributed by atoms with Crippen LogP contribution in [0.25, 0.3) is 33.8 Å². The predicted molar refractivity (Wildman–Crippen MR) is 245 cm³/mol. The normalized spacial score (nSPS) is 17.8. The Balaban J connectivity index is 0.000000195. The second-order valence-electron chi connectivity index (χ2n) is 17.2. The number of rotatable bonds is 17. The number of carbonyl (C=O) groups excluding carboxylic acids is 1. The summed E-state index contributed by atoms with van der Waals surface area (Å²) in [4.78, 5) is 69.1. The van der Waals surface area contributed by atoms with Crippen LogP contribution in [-0.2, 0) is 40.1 Å². The largest absolute Gasteiger partial charge is 0.493 e. The van der Waals surface area contributed by atoms with Gasteiger partial charge < -0.3 is 24.5 Å². The molecule has 4 heterocycles. The highest BCUT2D eigenvalue weighted by Gasteiger charge is 2.37. The minimum Gasteiger partial charge on any atom is -0.493 e. The summed E-state index contributed by atoms with van der Waals surface area (Å²) < 4.78 is 15.0. The summed E-state index contributed by atoms with van der Waals surface area (Å²) in [6.07, 6.45) is 8.00. The molecule has 2 aliphatic carbocycles. The van der Waals surface area contributed by atoms with Crippen molar-refractivity contribution in [3.8, 4) is 34.3 Å². The average Bonchev–Trinajstić information content (AvgIpc) is 3.75. The first-order valence-corrected chi connectivity index (χ1v) is 22.8. The number of nitrogens with one attached hydrogen (secondary N) is 2. The van der Waals surface area contributed by atoms with Crippen LogP contribution in [0.4, 0.5) is 0 Å². The Morgan fingerprint density at radius 3 is 1.54 bits per heavy atom. The molecule has 17 nitrogen and oxygen atoms in total. The number of aromatic amines is 2. The zero-order chi connectivity index (χ0) is 46.5. The topological polar surface area (TPSA) is 211 Å². The number of fused-ring (bicyclic) bond motifs is 2. The number of nitrogens with zero attached hydrogens (tertiary/aromatic N) is 7. The highest BCUT2D eigenvalue weighted by Crippen LogP contribution is 2.40.